The van der Waals surface area contributed by atoms with Gasteiger partial charge in [-0.25, -0.2) is 0 Å². The van der Waals surface area contributed by atoms with Crippen molar-refractivity contribution in [2.75, 3.05) is 0 Å². The average molecular weight is 297 g/mol. The summed E-state index contributed by atoms with van der Waals surface area (Å²) >= 11 is 0. The molecule has 1 N–H and O–H groups in total. The van der Waals surface area contributed by atoms with Crippen LogP contribution in [0.15, 0.2) is 12.7 Å². The normalized spacial score (nSPS) is 15.6. The summed E-state index contributed by atoms with van der Waals surface area (Å²) in [5.74, 6) is 1.35. The Morgan fingerprint density at radius 3 is 1.95 bits per heavy atom. The largest absolute Gasteiger partial charge is 0.393 e. The fourth-order valence-electron chi connectivity index (χ4n) is 3.13. The molecule has 1 heteroatoms. The van der Waals surface area contributed by atoms with E-state index in [1.807, 2.05) is 6.08 Å². The van der Waals surface area contributed by atoms with Gasteiger partial charge in [-0.05, 0) is 37.5 Å². The standard InChI is InChI=1S/C20H40O/c1-5-7-9-10-11-12-13-15-19(4)17-20(21)16-18(3)14-8-6-2/h5,18-21H,1,6-17H2,2-4H3/t18-,19-,20?/m0/s1. The lowest BCUT2D eigenvalue weighted by molar-refractivity contribution is 0.115. The van der Waals surface area contributed by atoms with E-state index in [0.717, 1.165) is 12.8 Å². The van der Waals surface area contributed by atoms with Gasteiger partial charge in [0.25, 0.3) is 0 Å². The molecule has 1 unspecified atom stereocenters. The Hall–Kier alpha value is -0.300. The molecule has 126 valence electrons. The van der Waals surface area contributed by atoms with Gasteiger partial charge >= 0.3 is 0 Å². The number of aliphatic hydroxyl groups is 1. The molecule has 0 radical (unpaired) electrons. The highest BCUT2D eigenvalue weighted by Crippen LogP contribution is 2.21. The van der Waals surface area contributed by atoms with Crippen molar-refractivity contribution in [3.05, 3.63) is 12.7 Å². The molecule has 0 aromatic heterocycles. The molecule has 0 aliphatic carbocycles. The van der Waals surface area contributed by atoms with Crippen LogP contribution in [0, 0.1) is 11.8 Å². The van der Waals surface area contributed by atoms with Crippen molar-refractivity contribution >= 4 is 0 Å². The van der Waals surface area contributed by atoms with E-state index >= 15 is 0 Å². The van der Waals surface area contributed by atoms with Crippen molar-refractivity contribution in [2.24, 2.45) is 11.8 Å². The molecule has 0 bridgehead atoms. The minimum absolute atomic E-state index is 0.0838. The fourth-order valence-corrected chi connectivity index (χ4v) is 3.13. The van der Waals surface area contributed by atoms with Crippen molar-refractivity contribution in [1.82, 2.24) is 0 Å². The third kappa shape index (κ3) is 14.4. The predicted molar refractivity (Wildman–Crippen MR) is 95.6 cm³/mol. The van der Waals surface area contributed by atoms with Crippen LogP contribution in [0.2, 0.25) is 0 Å². The van der Waals surface area contributed by atoms with E-state index in [4.69, 9.17) is 0 Å². The number of hydrogen-bond donors (Lipinski definition) is 1. The lowest BCUT2D eigenvalue weighted by atomic mass is 9.90. The molecule has 1 nitrogen and oxygen atoms in total. The quantitative estimate of drug-likeness (QED) is 0.270. The summed E-state index contributed by atoms with van der Waals surface area (Å²) in [7, 11) is 0. The molecule has 3 atom stereocenters. The third-order valence-electron chi connectivity index (χ3n) is 4.50. The molecule has 21 heavy (non-hydrogen) atoms. The SMILES string of the molecule is C=CCCCCCCC[C@H](C)CC(O)C[C@@H](C)CCCC. The Labute approximate surface area is 134 Å². The van der Waals surface area contributed by atoms with Crippen molar-refractivity contribution in [1.29, 1.82) is 0 Å². The molecule has 0 saturated carbocycles. The maximum Gasteiger partial charge on any atom is 0.0545 e. The zero-order valence-electron chi connectivity index (χ0n) is 14.9. The maximum atomic E-state index is 10.2. The molecule has 0 amide bonds. The first-order valence-corrected chi connectivity index (χ1v) is 9.39. The zero-order chi connectivity index (χ0) is 15.9. The first-order valence-electron chi connectivity index (χ1n) is 9.39. The van der Waals surface area contributed by atoms with Gasteiger partial charge in [-0.2, -0.15) is 0 Å². The molecule has 0 rings (SSSR count). The highest BCUT2D eigenvalue weighted by atomic mass is 16.3. The minimum Gasteiger partial charge on any atom is -0.393 e. The van der Waals surface area contributed by atoms with Crippen molar-refractivity contribution in [3.8, 4) is 0 Å². The second-order valence-corrected chi connectivity index (χ2v) is 7.11. The average Bonchev–Trinajstić information content (AvgIpc) is 2.43. The van der Waals surface area contributed by atoms with Crippen LogP contribution in [-0.4, -0.2) is 11.2 Å². The Morgan fingerprint density at radius 2 is 1.38 bits per heavy atom. The minimum atomic E-state index is -0.0838. The summed E-state index contributed by atoms with van der Waals surface area (Å²) in [4.78, 5) is 0. The number of hydrogen-bond acceptors (Lipinski definition) is 1. The van der Waals surface area contributed by atoms with E-state index in [9.17, 15) is 5.11 Å². The molecule has 0 spiro atoms. The first-order chi connectivity index (χ1) is 10.1. The van der Waals surface area contributed by atoms with Gasteiger partial charge in [0.15, 0.2) is 0 Å². The van der Waals surface area contributed by atoms with Gasteiger partial charge in [-0.1, -0.05) is 78.2 Å². The smallest absolute Gasteiger partial charge is 0.0545 e. The van der Waals surface area contributed by atoms with Crippen molar-refractivity contribution in [3.63, 3.8) is 0 Å². The maximum absolute atomic E-state index is 10.2. The van der Waals surface area contributed by atoms with Gasteiger partial charge in [0.1, 0.15) is 0 Å². The summed E-state index contributed by atoms with van der Waals surface area (Å²) in [5.41, 5.74) is 0. The van der Waals surface area contributed by atoms with Crippen LogP contribution in [0.4, 0.5) is 0 Å². The van der Waals surface area contributed by atoms with E-state index in [0.29, 0.717) is 11.8 Å². The highest BCUT2D eigenvalue weighted by Gasteiger charge is 2.13. The Morgan fingerprint density at radius 1 is 0.857 bits per heavy atom. The van der Waals surface area contributed by atoms with Crippen LogP contribution in [-0.2, 0) is 0 Å². The molecule has 0 heterocycles. The summed E-state index contributed by atoms with van der Waals surface area (Å²) in [6, 6.07) is 0. The molecule has 0 aromatic rings. The van der Waals surface area contributed by atoms with Gasteiger partial charge in [-0.3, -0.25) is 0 Å². The number of aliphatic hydroxyl groups excluding tert-OH is 1. The van der Waals surface area contributed by atoms with Gasteiger partial charge in [0, 0.05) is 0 Å². The van der Waals surface area contributed by atoms with E-state index in [1.165, 1.54) is 64.2 Å². The van der Waals surface area contributed by atoms with Gasteiger partial charge in [0.05, 0.1) is 6.10 Å². The van der Waals surface area contributed by atoms with E-state index < -0.39 is 0 Å². The van der Waals surface area contributed by atoms with Crippen molar-refractivity contribution in [2.45, 2.75) is 104 Å². The van der Waals surface area contributed by atoms with Crippen LogP contribution >= 0.6 is 0 Å². The number of unbranched alkanes of at least 4 members (excludes halogenated alkanes) is 6. The second kappa shape index (κ2) is 14.6. The van der Waals surface area contributed by atoms with Crippen LogP contribution < -0.4 is 0 Å². The van der Waals surface area contributed by atoms with E-state index in [2.05, 4.69) is 27.4 Å². The monoisotopic (exact) mass is 296 g/mol. The first kappa shape index (κ1) is 20.7. The summed E-state index contributed by atoms with van der Waals surface area (Å²) in [6.07, 6.45) is 16.9. The number of allylic oxidation sites excluding steroid dienone is 1. The van der Waals surface area contributed by atoms with Crippen LogP contribution in [0.3, 0.4) is 0 Å². The topological polar surface area (TPSA) is 20.2 Å². The van der Waals surface area contributed by atoms with Gasteiger partial charge < -0.3 is 5.11 Å². The lowest BCUT2D eigenvalue weighted by Gasteiger charge is -2.19. The molecular weight excluding hydrogens is 256 g/mol. The molecule has 0 aromatic carbocycles. The van der Waals surface area contributed by atoms with Gasteiger partial charge in [0.2, 0.25) is 0 Å². The van der Waals surface area contributed by atoms with Gasteiger partial charge in [-0.15, -0.1) is 6.58 Å². The fraction of sp³-hybridized carbons (Fsp3) is 0.900. The third-order valence-corrected chi connectivity index (χ3v) is 4.50. The Balaban J connectivity index is 3.50. The Bertz CT molecular complexity index is 224. The van der Waals surface area contributed by atoms with E-state index in [-0.39, 0.29) is 6.10 Å². The Kier molecular flexibility index (Phi) is 14.4. The summed E-state index contributed by atoms with van der Waals surface area (Å²) < 4.78 is 0. The van der Waals surface area contributed by atoms with Crippen LogP contribution in [0.25, 0.3) is 0 Å². The molecule has 0 aliphatic rings. The second-order valence-electron chi connectivity index (χ2n) is 7.11. The lowest BCUT2D eigenvalue weighted by Crippen LogP contribution is -2.15. The number of rotatable bonds is 15. The van der Waals surface area contributed by atoms with Crippen LogP contribution in [0.5, 0.6) is 0 Å². The van der Waals surface area contributed by atoms with E-state index in [1.54, 1.807) is 0 Å². The zero-order valence-corrected chi connectivity index (χ0v) is 14.9. The summed E-state index contributed by atoms with van der Waals surface area (Å²) in [6.45, 7) is 10.6. The highest BCUT2D eigenvalue weighted by molar-refractivity contribution is 4.67. The predicted octanol–water partition coefficient (Wildman–Crippen LogP) is 6.51. The molecular formula is C20H40O. The van der Waals surface area contributed by atoms with Crippen molar-refractivity contribution < 1.29 is 5.11 Å². The molecule has 0 aliphatic heterocycles. The summed E-state index contributed by atoms with van der Waals surface area (Å²) in [5, 5.41) is 10.2. The molecule has 0 fully saturated rings. The van der Waals surface area contributed by atoms with Crippen LogP contribution in [0.1, 0.15) is 97.8 Å². The molecule has 0 saturated heterocycles.